The van der Waals surface area contributed by atoms with Gasteiger partial charge < -0.3 is 14.4 Å². The molecule has 0 unspecified atom stereocenters. The van der Waals surface area contributed by atoms with Crippen molar-refractivity contribution in [1.82, 2.24) is 14.4 Å². The van der Waals surface area contributed by atoms with E-state index < -0.39 is 0 Å². The van der Waals surface area contributed by atoms with Gasteiger partial charge in [-0.2, -0.15) is 0 Å². The first-order chi connectivity index (χ1) is 9.63. The van der Waals surface area contributed by atoms with Gasteiger partial charge in [0.1, 0.15) is 6.54 Å². The van der Waals surface area contributed by atoms with Crippen LogP contribution < -0.4 is 0 Å². The number of hydrogen-bond donors (Lipinski definition) is 0. The minimum absolute atomic E-state index is 0.219. The van der Waals surface area contributed by atoms with E-state index in [1.54, 1.807) is 0 Å². The van der Waals surface area contributed by atoms with Crippen LogP contribution in [0.5, 0.6) is 0 Å². The Hall–Kier alpha value is -1.81. The molecule has 0 bridgehead atoms. The maximum atomic E-state index is 12.4. The fraction of sp³-hybridized carbons (Fsp3) is 0.438. The van der Waals surface area contributed by atoms with Gasteiger partial charge in [0.05, 0.1) is 0 Å². The number of benzene rings is 1. The van der Waals surface area contributed by atoms with Crippen LogP contribution in [0, 0.1) is 6.92 Å². The van der Waals surface area contributed by atoms with Gasteiger partial charge >= 0.3 is 0 Å². The third-order valence-corrected chi connectivity index (χ3v) is 4.09. The van der Waals surface area contributed by atoms with Crippen molar-refractivity contribution < 1.29 is 4.79 Å². The highest BCUT2D eigenvalue weighted by atomic mass is 16.2. The SMILES string of the molecule is Cc1ccc2c(ccn2CC(=O)N2CCN(C)CC2)c1. The molecule has 2 aromatic rings. The van der Waals surface area contributed by atoms with Crippen molar-refractivity contribution >= 4 is 16.8 Å². The molecule has 3 rings (SSSR count). The predicted octanol–water partition coefficient (Wildman–Crippen LogP) is 1.72. The molecule has 1 aromatic carbocycles. The Morgan fingerprint density at radius 3 is 2.65 bits per heavy atom. The Balaban J connectivity index is 1.74. The van der Waals surface area contributed by atoms with Gasteiger partial charge in [0.15, 0.2) is 0 Å². The van der Waals surface area contributed by atoms with Crippen LogP contribution in [0.1, 0.15) is 5.56 Å². The first kappa shape index (κ1) is 13.2. The summed E-state index contributed by atoms with van der Waals surface area (Å²) in [6.07, 6.45) is 2.01. The molecular weight excluding hydrogens is 250 g/mol. The topological polar surface area (TPSA) is 28.5 Å². The first-order valence-electron chi connectivity index (χ1n) is 7.15. The number of piperazine rings is 1. The van der Waals surface area contributed by atoms with Gasteiger partial charge in [0, 0.05) is 37.9 Å². The minimum atomic E-state index is 0.219. The second-order valence-electron chi connectivity index (χ2n) is 5.69. The van der Waals surface area contributed by atoms with Gasteiger partial charge in [-0.15, -0.1) is 0 Å². The summed E-state index contributed by atoms with van der Waals surface area (Å²) < 4.78 is 2.05. The zero-order chi connectivity index (χ0) is 14.1. The summed E-state index contributed by atoms with van der Waals surface area (Å²) in [4.78, 5) is 16.6. The molecule has 1 fully saturated rings. The molecule has 1 aliphatic rings. The van der Waals surface area contributed by atoms with E-state index in [-0.39, 0.29) is 5.91 Å². The molecule has 0 aliphatic carbocycles. The molecule has 4 nitrogen and oxygen atoms in total. The second kappa shape index (κ2) is 5.29. The van der Waals surface area contributed by atoms with Gasteiger partial charge in [-0.3, -0.25) is 4.79 Å². The van der Waals surface area contributed by atoms with E-state index in [1.165, 1.54) is 10.9 Å². The third kappa shape index (κ3) is 2.56. The molecule has 1 amide bonds. The fourth-order valence-corrected chi connectivity index (χ4v) is 2.76. The van der Waals surface area contributed by atoms with Crippen LogP contribution in [0.2, 0.25) is 0 Å². The number of carbonyl (C=O) groups is 1. The van der Waals surface area contributed by atoms with Crippen LogP contribution in [-0.4, -0.2) is 53.5 Å². The second-order valence-corrected chi connectivity index (χ2v) is 5.69. The number of rotatable bonds is 2. The summed E-state index contributed by atoms with van der Waals surface area (Å²) in [7, 11) is 2.10. The van der Waals surface area contributed by atoms with Gasteiger partial charge in [-0.05, 0) is 37.6 Å². The van der Waals surface area contributed by atoms with E-state index in [0.29, 0.717) is 6.54 Å². The highest BCUT2D eigenvalue weighted by Crippen LogP contribution is 2.17. The van der Waals surface area contributed by atoms with E-state index in [4.69, 9.17) is 0 Å². The monoisotopic (exact) mass is 271 g/mol. The summed E-state index contributed by atoms with van der Waals surface area (Å²) in [5.41, 5.74) is 2.39. The number of carbonyl (C=O) groups excluding carboxylic acids is 1. The van der Waals surface area contributed by atoms with E-state index >= 15 is 0 Å². The number of amides is 1. The molecule has 1 saturated heterocycles. The Morgan fingerprint density at radius 2 is 1.90 bits per heavy atom. The lowest BCUT2D eigenvalue weighted by atomic mass is 10.2. The van der Waals surface area contributed by atoms with Gasteiger partial charge in [-0.1, -0.05) is 11.6 Å². The molecule has 0 spiro atoms. The molecule has 20 heavy (non-hydrogen) atoms. The minimum Gasteiger partial charge on any atom is -0.339 e. The Labute approximate surface area is 119 Å². The fourth-order valence-electron chi connectivity index (χ4n) is 2.76. The molecule has 0 radical (unpaired) electrons. The molecule has 4 heteroatoms. The van der Waals surface area contributed by atoms with E-state index in [9.17, 15) is 4.79 Å². The van der Waals surface area contributed by atoms with Crippen molar-refractivity contribution in [2.45, 2.75) is 13.5 Å². The van der Waals surface area contributed by atoms with E-state index in [1.807, 2.05) is 11.1 Å². The van der Waals surface area contributed by atoms with Crippen molar-refractivity contribution in [2.24, 2.45) is 0 Å². The lowest BCUT2D eigenvalue weighted by molar-refractivity contribution is -0.133. The Morgan fingerprint density at radius 1 is 1.15 bits per heavy atom. The first-order valence-corrected chi connectivity index (χ1v) is 7.15. The number of hydrogen-bond acceptors (Lipinski definition) is 2. The lowest BCUT2D eigenvalue weighted by Crippen LogP contribution is -2.48. The van der Waals surface area contributed by atoms with Crippen molar-refractivity contribution in [1.29, 1.82) is 0 Å². The average molecular weight is 271 g/mol. The van der Waals surface area contributed by atoms with Crippen LogP contribution in [0.25, 0.3) is 10.9 Å². The molecule has 0 saturated carbocycles. The standard InChI is InChI=1S/C16H21N3O/c1-13-3-4-15-14(11-13)5-6-19(15)12-16(20)18-9-7-17(2)8-10-18/h3-6,11H,7-10,12H2,1-2H3. The van der Waals surface area contributed by atoms with Crippen LogP contribution in [0.15, 0.2) is 30.5 Å². The van der Waals surface area contributed by atoms with Crippen LogP contribution >= 0.6 is 0 Å². The van der Waals surface area contributed by atoms with E-state index in [0.717, 1.165) is 31.7 Å². The highest BCUT2D eigenvalue weighted by Gasteiger charge is 2.19. The molecule has 1 aliphatic heterocycles. The van der Waals surface area contributed by atoms with Crippen molar-refractivity contribution in [2.75, 3.05) is 33.2 Å². The normalized spacial score (nSPS) is 16.8. The van der Waals surface area contributed by atoms with E-state index in [2.05, 4.69) is 47.7 Å². The zero-order valence-corrected chi connectivity index (χ0v) is 12.2. The average Bonchev–Trinajstić information content (AvgIpc) is 2.81. The summed E-state index contributed by atoms with van der Waals surface area (Å²) in [5, 5.41) is 1.20. The maximum absolute atomic E-state index is 12.4. The lowest BCUT2D eigenvalue weighted by Gasteiger charge is -2.32. The molecule has 0 atom stereocenters. The van der Waals surface area contributed by atoms with Crippen molar-refractivity contribution in [3.05, 3.63) is 36.0 Å². The highest BCUT2D eigenvalue weighted by molar-refractivity contribution is 5.83. The third-order valence-electron chi connectivity index (χ3n) is 4.09. The van der Waals surface area contributed by atoms with Gasteiger partial charge in [0.2, 0.25) is 5.91 Å². The molecule has 0 N–H and O–H groups in total. The van der Waals surface area contributed by atoms with Crippen LogP contribution in [-0.2, 0) is 11.3 Å². The number of nitrogens with zero attached hydrogens (tertiary/aromatic N) is 3. The molecular formula is C16H21N3O. The summed E-state index contributed by atoms with van der Waals surface area (Å²) in [6, 6.07) is 8.44. The number of aromatic nitrogens is 1. The number of fused-ring (bicyclic) bond motifs is 1. The summed E-state index contributed by atoms with van der Waals surface area (Å²) in [6.45, 7) is 6.15. The van der Waals surface area contributed by atoms with Crippen molar-refractivity contribution in [3.8, 4) is 0 Å². The number of aryl methyl sites for hydroxylation is 1. The van der Waals surface area contributed by atoms with Gasteiger partial charge in [-0.25, -0.2) is 0 Å². The van der Waals surface area contributed by atoms with Crippen molar-refractivity contribution in [3.63, 3.8) is 0 Å². The molecule has 106 valence electrons. The summed E-state index contributed by atoms with van der Waals surface area (Å²) >= 11 is 0. The molecule has 1 aromatic heterocycles. The largest absolute Gasteiger partial charge is 0.339 e. The quantitative estimate of drug-likeness (QED) is 0.832. The zero-order valence-electron chi connectivity index (χ0n) is 12.2. The van der Waals surface area contributed by atoms with Gasteiger partial charge in [0.25, 0.3) is 0 Å². The Bertz CT molecular complexity index is 624. The Kier molecular flexibility index (Phi) is 3.49. The summed E-state index contributed by atoms with van der Waals surface area (Å²) in [5.74, 6) is 0.219. The predicted molar refractivity (Wildman–Crippen MR) is 80.8 cm³/mol. The van der Waals surface area contributed by atoms with Crippen LogP contribution in [0.3, 0.4) is 0 Å². The smallest absolute Gasteiger partial charge is 0.242 e. The maximum Gasteiger partial charge on any atom is 0.242 e. The van der Waals surface area contributed by atoms with Crippen LogP contribution in [0.4, 0.5) is 0 Å². The molecule has 2 heterocycles. The number of likely N-dealkylation sites (N-methyl/N-ethyl adjacent to an activating group) is 1.